The Morgan fingerprint density at radius 2 is 1.93 bits per heavy atom. The van der Waals surface area contributed by atoms with E-state index in [1.165, 1.54) is 11.0 Å². The number of benzene rings is 2. The van der Waals surface area contributed by atoms with E-state index in [9.17, 15) is 9.59 Å². The van der Waals surface area contributed by atoms with Crippen LogP contribution in [0.25, 0.3) is 6.08 Å². The number of carbonyl (C=O) groups is 2. The smallest absolute Gasteiger partial charge is 0.270 e. The minimum absolute atomic E-state index is 0.00816. The van der Waals surface area contributed by atoms with Gasteiger partial charge in [0.2, 0.25) is 0 Å². The van der Waals surface area contributed by atoms with Crippen LogP contribution in [0.5, 0.6) is 5.75 Å². The first-order chi connectivity index (χ1) is 13.0. The molecule has 0 bridgehead atoms. The van der Waals surface area contributed by atoms with E-state index in [2.05, 4.69) is 5.32 Å². The molecule has 0 aromatic heterocycles. The number of nitrogens with zero attached hydrogens (tertiary/aromatic N) is 1. The zero-order chi connectivity index (χ0) is 19.4. The molecule has 2 aromatic rings. The zero-order valence-electron chi connectivity index (χ0n) is 14.6. The third kappa shape index (κ3) is 4.35. The predicted molar refractivity (Wildman–Crippen MR) is 110 cm³/mol. The van der Waals surface area contributed by atoms with Gasteiger partial charge in [-0.1, -0.05) is 30.7 Å². The highest BCUT2D eigenvalue weighted by Crippen LogP contribution is 2.24. The second-order valence-electron chi connectivity index (χ2n) is 5.86. The molecule has 1 heterocycles. The Bertz CT molecular complexity index is 925. The third-order valence-electron chi connectivity index (χ3n) is 3.83. The van der Waals surface area contributed by atoms with Gasteiger partial charge in [0.15, 0.2) is 5.11 Å². The van der Waals surface area contributed by atoms with E-state index in [0.29, 0.717) is 28.6 Å². The maximum atomic E-state index is 12.9. The topological polar surface area (TPSA) is 58.6 Å². The van der Waals surface area contributed by atoms with Crippen LogP contribution in [0.3, 0.4) is 0 Å². The number of hydrogen-bond acceptors (Lipinski definition) is 4. The van der Waals surface area contributed by atoms with E-state index in [0.717, 1.165) is 6.42 Å². The Hall–Kier alpha value is -2.70. The van der Waals surface area contributed by atoms with Crippen LogP contribution in [0, 0.1) is 0 Å². The van der Waals surface area contributed by atoms with Crippen LogP contribution in [0.1, 0.15) is 18.9 Å². The number of nitrogens with one attached hydrogen (secondary N) is 1. The summed E-state index contributed by atoms with van der Waals surface area (Å²) in [4.78, 5) is 26.6. The van der Waals surface area contributed by atoms with Gasteiger partial charge in [-0.2, -0.15) is 0 Å². The van der Waals surface area contributed by atoms with Crippen molar-refractivity contribution < 1.29 is 14.3 Å². The van der Waals surface area contributed by atoms with E-state index < -0.39 is 11.8 Å². The number of ether oxygens (including phenoxy) is 1. The number of thiocarbonyl (C=S) groups is 1. The van der Waals surface area contributed by atoms with Crippen molar-refractivity contribution in [3.8, 4) is 5.75 Å². The first kappa shape index (κ1) is 19.1. The minimum atomic E-state index is -0.532. The normalized spacial score (nSPS) is 15.9. The van der Waals surface area contributed by atoms with Crippen LogP contribution in [-0.2, 0) is 9.59 Å². The molecule has 3 rings (SSSR count). The van der Waals surface area contributed by atoms with Crippen molar-refractivity contribution in [2.75, 3.05) is 11.5 Å². The average molecular weight is 401 g/mol. The second kappa shape index (κ2) is 8.33. The molecule has 1 aliphatic rings. The first-order valence-electron chi connectivity index (χ1n) is 8.39. The van der Waals surface area contributed by atoms with E-state index in [4.69, 9.17) is 28.6 Å². The standard InChI is InChI=1S/C20H17ClN2O3S/c1-2-10-26-16-5-3-4-13(11-16)12-17-18(24)22-20(27)23(19(17)25)15-8-6-14(21)7-9-15/h3-9,11-12H,2,10H2,1H3,(H,22,24,27)/b17-12-. The van der Waals surface area contributed by atoms with Gasteiger partial charge in [0.25, 0.3) is 11.8 Å². The van der Waals surface area contributed by atoms with Gasteiger partial charge >= 0.3 is 0 Å². The molecular formula is C20H17ClN2O3S. The first-order valence-corrected chi connectivity index (χ1v) is 9.18. The molecule has 0 saturated carbocycles. The molecule has 138 valence electrons. The number of anilines is 1. The van der Waals surface area contributed by atoms with Crippen molar-refractivity contribution >= 4 is 52.5 Å². The van der Waals surface area contributed by atoms with Gasteiger partial charge in [-0.3, -0.25) is 19.8 Å². The molecule has 0 unspecified atom stereocenters. The van der Waals surface area contributed by atoms with Gasteiger partial charge in [0, 0.05) is 5.02 Å². The van der Waals surface area contributed by atoms with Gasteiger partial charge in [0.05, 0.1) is 12.3 Å². The van der Waals surface area contributed by atoms with Crippen LogP contribution >= 0.6 is 23.8 Å². The Balaban J connectivity index is 1.93. The van der Waals surface area contributed by atoms with Gasteiger partial charge in [-0.15, -0.1) is 0 Å². The van der Waals surface area contributed by atoms with Crippen LogP contribution in [0.15, 0.2) is 54.1 Å². The summed E-state index contributed by atoms with van der Waals surface area (Å²) in [6.45, 7) is 2.61. The fraction of sp³-hybridized carbons (Fsp3) is 0.150. The highest BCUT2D eigenvalue weighted by molar-refractivity contribution is 7.80. The van der Waals surface area contributed by atoms with E-state index >= 15 is 0 Å². The molecular weight excluding hydrogens is 384 g/mol. The highest BCUT2D eigenvalue weighted by atomic mass is 35.5. The molecule has 7 heteroatoms. The Morgan fingerprint density at radius 1 is 1.19 bits per heavy atom. The summed E-state index contributed by atoms with van der Waals surface area (Å²) in [5, 5.41) is 3.13. The molecule has 0 spiro atoms. The Labute approximate surface area is 167 Å². The van der Waals surface area contributed by atoms with Crippen LogP contribution in [0.2, 0.25) is 5.02 Å². The lowest BCUT2D eigenvalue weighted by molar-refractivity contribution is -0.122. The lowest BCUT2D eigenvalue weighted by Gasteiger charge is -2.29. The molecule has 1 N–H and O–H groups in total. The zero-order valence-corrected chi connectivity index (χ0v) is 16.1. The molecule has 0 aliphatic carbocycles. The molecule has 2 amide bonds. The van der Waals surface area contributed by atoms with Crippen LogP contribution in [-0.4, -0.2) is 23.5 Å². The number of amides is 2. The quantitative estimate of drug-likeness (QED) is 0.469. The van der Waals surface area contributed by atoms with Crippen molar-refractivity contribution in [1.29, 1.82) is 0 Å². The van der Waals surface area contributed by atoms with Crippen molar-refractivity contribution in [1.82, 2.24) is 5.32 Å². The number of halogens is 1. The minimum Gasteiger partial charge on any atom is -0.494 e. The maximum Gasteiger partial charge on any atom is 0.270 e. The molecule has 0 atom stereocenters. The number of hydrogen-bond donors (Lipinski definition) is 1. The molecule has 27 heavy (non-hydrogen) atoms. The number of carbonyl (C=O) groups excluding carboxylic acids is 2. The monoisotopic (exact) mass is 400 g/mol. The molecule has 5 nitrogen and oxygen atoms in total. The van der Waals surface area contributed by atoms with Gasteiger partial charge in [0.1, 0.15) is 11.3 Å². The fourth-order valence-electron chi connectivity index (χ4n) is 2.56. The predicted octanol–water partition coefficient (Wildman–Crippen LogP) is 3.96. The maximum absolute atomic E-state index is 12.9. The molecule has 1 aliphatic heterocycles. The second-order valence-corrected chi connectivity index (χ2v) is 6.68. The van der Waals surface area contributed by atoms with Crippen molar-refractivity contribution in [2.24, 2.45) is 0 Å². The summed E-state index contributed by atoms with van der Waals surface area (Å²) >= 11 is 11.1. The lowest BCUT2D eigenvalue weighted by atomic mass is 10.1. The van der Waals surface area contributed by atoms with E-state index in [1.807, 2.05) is 19.1 Å². The van der Waals surface area contributed by atoms with Crippen molar-refractivity contribution in [3.63, 3.8) is 0 Å². The Kier molecular flexibility index (Phi) is 5.88. The van der Waals surface area contributed by atoms with Gasteiger partial charge in [-0.25, -0.2) is 0 Å². The van der Waals surface area contributed by atoms with Gasteiger partial charge in [-0.05, 0) is 66.7 Å². The molecule has 1 fully saturated rings. The lowest BCUT2D eigenvalue weighted by Crippen LogP contribution is -2.54. The van der Waals surface area contributed by atoms with Crippen LogP contribution in [0.4, 0.5) is 5.69 Å². The fourth-order valence-corrected chi connectivity index (χ4v) is 2.97. The number of rotatable bonds is 5. The largest absolute Gasteiger partial charge is 0.494 e. The highest BCUT2D eigenvalue weighted by Gasteiger charge is 2.34. The van der Waals surface area contributed by atoms with Crippen molar-refractivity contribution in [2.45, 2.75) is 13.3 Å². The van der Waals surface area contributed by atoms with E-state index in [1.54, 1.807) is 36.4 Å². The molecule has 1 saturated heterocycles. The summed E-state index contributed by atoms with van der Waals surface area (Å²) in [6.07, 6.45) is 2.42. The van der Waals surface area contributed by atoms with Crippen LogP contribution < -0.4 is 15.0 Å². The molecule has 2 aromatic carbocycles. The van der Waals surface area contributed by atoms with Gasteiger partial charge < -0.3 is 4.74 Å². The summed E-state index contributed by atoms with van der Waals surface area (Å²) < 4.78 is 5.60. The summed E-state index contributed by atoms with van der Waals surface area (Å²) in [6, 6.07) is 13.9. The summed E-state index contributed by atoms with van der Waals surface area (Å²) in [5.41, 5.74) is 1.21. The Morgan fingerprint density at radius 3 is 2.63 bits per heavy atom. The average Bonchev–Trinajstić information content (AvgIpc) is 2.65. The van der Waals surface area contributed by atoms with E-state index in [-0.39, 0.29) is 10.7 Å². The summed E-state index contributed by atoms with van der Waals surface area (Å²) in [7, 11) is 0. The third-order valence-corrected chi connectivity index (χ3v) is 4.37. The molecule has 0 radical (unpaired) electrons. The summed E-state index contributed by atoms with van der Waals surface area (Å²) in [5.74, 6) is -0.346. The van der Waals surface area contributed by atoms with Crippen molar-refractivity contribution in [3.05, 3.63) is 64.7 Å². The SMILES string of the molecule is CCCOc1cccc(/C=C2/C(=O)NC(=S)N(c3ccc(Cl)cc3)C2=O)c1.